The lowest BCUT2D eigenvalue weighted by Crippen LogP contribution is -2.70. The lowest BCUT2D eigenvalue weighted by atomic mass is 9.49. The molecular weight excluding hydrogens is 303 g/mol. The standard InChI is InChI=1S/C19H23FN4/c20-17-3-1-15(2-4-17)18-16(12-21-22-18)13-23-5-7-24(8-6-23)19-9-14(10-19)11-19/h1-4,12,14H,5-11,13H2,(H,21,22). The third-order valence-corrected chi connectivity index (χ3v) is 6.29. The van der Waals surface area contributed by atoms with Gasteiger partial charge in [0.15, 0.2) is 0 Å². The van der Waals surface area contributed by atoms with Crippen molar-refractivity contribution in [1.82, 2.24) is 20.0 Å². The molecule has 0 amide bonds. The van der Waals surface area contributed by atoms with Gasteiger partial charge in [0.1, 0.15) is 5.82 Å². The van der Waals surface area contributed by atoms with E-state index in [0.29, 0.717) is 5.54 Å². The largest absolute Gasteiger partial charge is 0.296 e. The third-order valence-electron chi connectivity index (χ3n) is 6.29. The van der Waals surface area contributed by atoms with Crippen molar-refractivity contribution in [3.8, 4) is 11.3 Å². The molecule has 2 aromatic rings. The van der Waals surface area contributed by atoms with Gasteiger partial charge in [-0.25, -0.2) is 4.39 Å². The van der Waals surface area contributed by atoms with E-state index in [4.69, 9.17) is 0 Å². The quantitative estimate of drug-likeness (QED) is 0.938. The van der Waals surface area contributed by atoms with Gasteiger partial charge in [0.05, 0.1) is 11.9 Å². The maximum Gasteiger partial charge on any atom is 0.123 e. The zero-order chi connectivity index (χ0) is 16.1. The fraction of sp³-hybridized carbons (Fsp3) is 0.526. The van der Waals surface area contributed by atoms with E-state index in [1.54, 1.807) is 0 Å². The van der Waals surface area contributed by atoms with Crippen LogP contribution in [0.25, 0.3) is 11.3 Å². The highest BCUT2D eigenvalue weighted by Gasteiger charge is 2.59. The molecule has 6 rings (SSSR count). The molecule has 2 bridgehead atoms. The van der Waals surface area contributed by atoms with Crippen LogP contribution in [0.3, 0.4) is 0 Å². The fourth-order valence-electron chi connectivity index (χ4n) is 4.74. The van der Waals surface area contributed by atoms with Crippen molar-refractivity contribution < 1.29 is 4.39 Å². The number of nitrogens with one attached hydrogen (secondary N) is 1. The highest BCUT2D eigenvalue weighted by atomic mass is 19.1. The molecule has 1 aliphatic heterocycles. The third kappa shape index (κ3) is 2.30. The van der Waals surface area contributed by atoms with Gasteiger partial charge in [-0.3, -0.25) is 14.9 Å². The van der Waals surface area contributed by atoms with E-state index in [9.17, 15) is 4.39 Å². The summed E-state index contributed by atoms with van der Waals surface area (Å²) in [5, 5.41) is 7.29. The SMILES string of the molecule is Fc1ccc(-c2[nH]ncc2CN2CCN(C34CC(C3)C4)CC2)cc1. The second kappa shape index (κ2) is 5.39. The van der Waals surface area contributed by atoms with Gasteiger partial charge in [0.2, 0.25) is 0 Å². The molecule has 0 unspecified atom stereocenters. The van der Waals surface area contributed by atoms with Crippen LogP contribution < -0.4 is 0 Å². The van der Waals surface area contributed by atoms with Gasteiger partial charge in [-0.2, -0.15) is 5.10 Å². The van der Waals surface area contributed by atoms with E-state index >= 15 is 0 Å². The van der Waals surface area contributed by atoms with Crippen molar-refractivity contribution in [2.75, 3.05) is 26.2 Å². The average Bonchev–Trinajstić information content (AvgIpc) is 2.95. The summed E-state index contributed by atoms with van der Waals surface area (Å²) in [6, 6.07) is 6.63. The Hall–Kier alpha value is -1.72. The molecule has 1 aromatic heterocycles. The number of aromatic nitrogens is 2. The van der Waals surface area contributed by atoms with E-state index in [1.807, 2.05) is 18.3 Å². The van der Waals surface area contributed by atoms with Gasteiger partial charge >= 0.3 is 0 Å². The van der Waals surface area contributed by atoms with E-state index in [1.165, 1.54) is 50.0 Å². The number of hydrogen-bond acceptors (Lipinski definition) is 3. The molecule has 1 saturated heterocycles. The molecule has 0 radical (unpaired) electrons. The minimum atomic E-state index is -0.204. The summed E-state index contributed by atoms with van der Waals surface area (Å²) in [6.45, 7) is 5.54. The van der Waals surface area contributed by atoms with Crippen molar-refractivity contribution in [1.29, 1.82) is 0 Å². The first kappa shape index (κ1) is 14.6. The van der Waals surface area contributed by atoms with Crippen LogP contribution in [0.5, 0.6) is 0 Å². The molecular formula is C19H23FN4. The molecule has 1 aromatic carbocycles. The van der Waals surface area contributed by atoms with Crippen LogP contribution in [0.2, 0.25) is 0 Å². The molecule has 4 fully saturated rings. The maximum atomic E-state index is 13.1. The summed E-state index contributed by atoms with van der Waals surface area (Å²) in [7, 11) is 0. The van der Waals surface area contributed by atoms with Crippen LogP contribution >= 0.6 is 0 Å². The first-order valence-electron chi connectivity index (χ1n) is 8.97. The van der Waals surface area contributed by atoms with E-state index in [-0.39, 0.29) is 5.82 Å². The Morgan fingerprint density at radius 3 is 2.42 bits per heavy atom. The number of H-pyrrole nitrogens is 1. The zero-order valence-electron chi connectivity index (χ0n) is 13.8. The molecule has 5 heteroatoms. The number of benzene rings is 1. The van der Waals surface area contributed by atoms with Gasteiger partial charge in [-0.05, 0) is 49.4 Å². The number of aromatic amines is 1. The fourth-order valence-corrected chi connectivity index (χ4v) is 4.74. The Labute approximate surface area is 141 Å². The van der Waals surface area contributed by atoms with Crippen molar-refractivity contribution in [3.63, 3.8) is 0 Å². The van der Waals surface area contributed by atoms with Gasteiger partial charge in [-0.1, -0.05) is 0 Å². The first-order valence-corrected chi connectivity index (χ1v) is 8.97. The second-order valence-electron chi connectivity index (χ2n) is 7.74. The predicted octanol–water partition coefficient (Wildman–Crippen LogP) is 2.89. The number of halogens is 1. The highest BCUT2D eigenvalue weighted by Crippen LogP contribution is 2.60. The van der Waals surface area contributed by atoms with Crippen LogP contribution in [0.1, 0.15) is 24.8 Å². The van der Waals surface area contributed by atoms with E-state index in [0.717, 1.165) is 36.8 Å². The molecule has 126 valence electrons. The van der Waals surface area contributed by atoms with Gasteiger partial charge in [-0.15, -0.1) is 0 Å². The van der Waals surface area contributed by atoms with Crippen LogP contribution in [-0.4, -0.2) is 51.7 Å². The topological polar surface area (TPSA) is 35.2 Å². The molecule has 1 N–H and O–H groups in total. The van der Waals surface area contributed by atoms with E-state index < -0.39 is 0 Å². The number of nitrogens with zero attached hydrogens (tertiary/aromatic N) is 3. The lowest BCUT2D eigenvalue weighted by Gasteiger charge is -2.67. The Balaban J connectivity index is 1.24. The first-order chi connectivity index (χ1) is 11.7. The summed E-state index contributed by atoms with van der Waals surface area (Å²) in [5.74, 6) is 0.844. The molecule has 4 nitrogen and oxygen atoms in total. The van der Waals surface area contributed by atoms with Crippen LogP contribution in [-0.2, 0) is 6.54 Å². The van der Waals surface area contributed by atoms with Gasteiger partial charge in [0.25, 0.3) is 0 Å². The minimum absolute atomic E-state index is 0.204. The summed E-state index contributed by atoms with van der Waals surface area (Å²) in [5.41, 5.74) is 3.81. The molecule has 3 aliphatic carbocycles. The van der Waals surface area contributed by atoms with Crippen LogP contribution in [0, 0.1) is 11.7 Å². The average molecular weight is 326 g/mol. The lowest BCUT2D eigenvalue weighted by molar-refractivity contribution is -0.155. The van der Waals surface area contributed by atoms with Gasteiger partial charge < -0.3 is 0 Å². The zero-order valence-corrected chi connectivity index (χ0v) is 13.8. The second-order valence-corrected chi connectivity index (χ2v) is 7.74. The predicted molar refractivity (Wildman–Crippen MR) is 90.9 cm³/mol. The number of hydrogen-bond donors (Lipinski definition) is 1. The Morgan fingerprint density at radius 1 is 1.08 bits per heavy atom. The molecule has 3 saturated carbocycles. The van der Waals surface area contributed by atoms with Crippen LogP contribution in [0.15, 0.2) is 30.5 Å². The normalized spacial score (nSPS) is 30.0. The summed E-state index contributed by atoms with van der Waals surface area (Å²) < 4.78 is 13.1. The number of piperazine rings is 1. The van der Waals surface area contributed by atoms with Crippen molar-refractivity contribution >= 4 is 0 Å². The molecule has 0 atom stereocenters. The summed E-state index contributed by atoms with van der Waals surface area (Å²) in [6.07, 6.45) is 6.25. The summed E-state index contributed by atoms with van der Waals surface area (Å²) >= 11 is 0. The van der Waals surface area contributed by atoms with Crippen molar-refractivity contribution in [3.05, 3.63) is 41.8 Å². The van der Waals surface area contributed by atoms with Crippen molar-refractivity contribution in [2.24, 2.45) is 5.92 Å². The molecule has 24 heavy (non-hydrogen) atoms. The Kier molecular flexibility index (Phi) is 3.28. The Bertz CT molecular complexity index is 713. The maximum absolute atomic E-state index is 13.1. The number of rotatable bonds is 4. The Morgan fingerprint density at radius 2 is 1.79 bits per heavy atom. The van der Waals surface area contributed by atoms with Gasteiger partial charge in [0, 0.05) is 49.4 Å². The monoisotopic (exact) mass is 326 g/mol. The highest BCUT2D eigenvalue weighted by molar-refractivity contribution is 5.62. The smallest absolute Gasteiger partial charge is 0.123 e. The summed E-state index contributed by atoms with van der Waals surface area (Å²) in [4.78, 5) is 5.25. The molecule has 0 spiro atoms. The van der Waals surface area contributed by atoms with Crippen LogP contribution in [0.4, 0.5) is 4.39 Å². The molecule has 4 aliphatic rings. The molecule has 2 heterocycles. The van der Waals surface area contributed by atoms with Crippen molar-refractivity contribution in [2.45, 2.75) is 31.3 Å². The van der Waals surface area contributed by atoms with E-state index in [2.05, 4.69) is 20.0 Å². The minimum Gasteiger partial charge on any atom is -0.296 e.